The van der Waals surface area contributed by atoms with E-state index in [1.807, 2.05) is 6.08 Å². The van der Waals surface area contributed by atoms with Gasteiger partial charge in [0, 0.05) is 18.0 Å². The van der Waals surface area contributed by atoms with Gasteiger partial charge in [0.25, 0.3) is 5.91 Å². The number of ether oxygens (including phenoxy) is 1. The lowest BCUT2D eigenvalue weighted by atomic mass is 9.95. The summed E-state index contributed by atoms with van der Waals surface area (Å²) in [5.74, 6) is -0.396. The highest BCUT2D eigenvalue weighted by Crippen LogP contribution is 2.19. The van der Waals surface area contributed by atoms with Crippen LogP contribution < -0.4 is 5.32 Å². The average Bonchev–Trinajstić information content (AvgIpc) is 2.53. The zero-order chi connectivity index (χ0) is 14.2. The number of aromatic nitrogens is 1. The molecular formula is C15H18N2O3. The first-order chi connectivity index (χ1) is 9.77. The van der Waals surface area contributed by atoms with E-state index >= 15 is 0 Å². The van der Waals surface area contributed by atoms with E-state index in [2.05, 4.69) is 16.4 Å². The van der Waals surface area contributed by atoms with Gasteiger partial charge in [0.05, 0.1) is 12.5 Å². The van der Waals surface area contributed by atoms with Crippen LogP contribution in [0.2, 0.25) is 0 Å². The molecule has 1 aliphatic rings. The molecule has 2 rings (SSSR count). The number of amides is 1. The number of carbonyl (C=O) groups excluding carboxylic acids is 2. The quantitative estimate of drug-likeness (QED) is 0.504. The van der Waals surface area contributed by atoms with E-state index in [4.69, 9.17) is 4.74 Å². The monoisotopic (exact) mass is 274 g/mol. The van der Waals surface area contributed by atoms with Crippen molar-refractivity contribution in [1.82, 2.24) is 10.3 Å². The third kappa shape index (κ3) is 4.19. The van der Waals surface area contributed by atoms with Crippen LogP contribution in [0.1, 0.15) is 29.6 Å². The fourth-order valence-corrected chi connectivity index (χ4v) is 2.05. The first-order valence-electron chi connectivity index (χ1n) is 6.77. The summed E-state index contributed by atoms with van der Waals surface area (Å²) < 4.78 is 5.17. The Hall–Kier alpha value is -2.17. The van der Waals surface area contributed by atoms with Gasteiger partial charge in [0.2, 0.25) is 0 Å². The second kappa shape index (κ2) is 7.43. The van der Waals surface area contributed by atoms with Gasteiger partial charge in [-0.25, -0.2) is 0 Å². The van der Waals surface area contributed by atoms with Crippen LogP contribution in [0.5, 0.6) is 0 Å². The van der Waals surface area contributed by atoms with Crippen molar-refractivity contribution in [3.05, 3.63) is 42.2 Å². The molecule has 0 fully saturated rings. The van der Waals surface area contributed by atoms with Crippen LogP contribution in [0, 0.1) is 5.92 Å². The fraction of sp³-hybridized carbons (Fsp3) is 0.400. The maximum atomic E-state index is 11.7. The van der Waals surface area contributed by atoms with Crippen molar-refractivity contribution in [2.75, 3.05) is 13.2 Å². The number of esters is 1. The first kappa shape index (κ1) is 14.2. The van der Waals surface area contributed by atoms with E-state index in [-0.39, 0.29) is 24.4 Å². The van der Waals surface area contributed by atoms with E-state index in [1.165, 1.54) is 0 Å². The van der Waals surface area contributed by atoms with Crippen molar-refractivity contribution in [2.24, 2.45) is 5.92 Å². The van der Waals surface area contributed by atoms with Crippen LogP contribution in [-0.4, -0.2) is 30.0 Å². The minimum Gasteiger partial charge on any atom is -0.464 e. The van der Waals surface area contributed by atoms with Crippen LogP contribution in [-0.2, 0) is 9.53 Å². The summed E-state index contributed by atoms with van der Waals surface area (Å²) >= 11 is 0. The van der Waals surface area contributed by atoms with Crippen molar-refractivity contribution < 1.29 is 14.3 Å². The highest BCUT2D eigenvalue weighted by atomic mass is 16.5. The van der Waals surface area contributed by atoms with Gasteiger partial charge in [-0.2, -0.15) is 0 Å². The number of nitrogens with one attached hydrogen (secondary N) is 1. The summed E-state index contributed by atoms with van der Waals surface area (Å²) in [6, 6.07) is 3.27. The van der Waals surface area contributed by atoms with E-state index in [0.29, 0.717) is 12.1 Å². The Morgan fingerprint density at radius 2 is 2.10 bits per heavy atom. The molecule has 5 nitrogen and oxygen atoms in total. The number of nitrogens with zero attached hydrogens (tertiary/aromatic N) is 1. The summed E-state index contributed by atoms with van der Waals surface area (Å²) in [5.41, 5.74) is 0.545. The zero-order valence-corrected chi connectivity index (χ0v) is 11.2. The van der Waals surface area contributed by atoms with Crippen LogP contribution in [0.15, 0.2) is 36.7 Å². The van der Waals surface area contributed by atoms with Crippen molar-refractivity contribution in [3.63, 3.8) is 0 Å². The fourth-order valence-electron chi connectivity index (χ4n) is 2.05. The molecule has 106 valence electrons. The number of allylic oxidation sites excluding steroid dienone is 2. The molecule has 1 atom stereocenters. The molecule has 0 unspecified atom stereocenters. The van der Waals surface area contributed by atoms with Crippen molar-refractivity contribution >= 4 is 11.9 Å². The first-order valence-corrected chi connectivity index (χ1v) is 6.77. The molecule has 0 radical (unpaired) electrons. The van der Waals surface area contributed by atoms with Crippen LogP contribution in [0.4, 0.5) is 0 Å². The Morgan fingerprint density at radius 1 is 1.30 bits per heavy atom. The Balaban J connectivity index is 1.65. The van der Waals surface area contributed by atoms with E-state index < -0.39 is 0 Å². The normalized spacial score (nSPS) is 17.5. The van der Waals surface area contributed by atoms with Crippen molar-refractivity contribution in [2.45, 2.75) is 19.3 Å². The molecule has 1 aromatic rings. The van der Waals surface area contributed by atoms with Gasteiger partial charge < -0.3 is 10.1 Å². The van der Waals surface area contributed by atoms with Crippen LogP contribution >= 0.6 is 0 Å². The van der Waals surface area contributed by atoms with Crippen LogP contribution in [0.3, 0.4) is 0 Å². The molecule has 20 heavy (non-hydrogen) atoms. The van der Waals surface area contributed by atoms with E-state index in [1.54, 1.807) is 24.5 Å². The Morgan fingerprint density at radius 3 is 2.80 bits per heavy atom. The van der Waals surface area contributed by atoms with E-state index in [9.17, 15) is 9.59 Å². The molecule has 0 aliphatic heterocycles. The number of rotatable bonds is 5. The number of hydrogen-bond donors (Lipinski definition) is 1. The number of carbonyl (C=O) groups is 2. The predicted molar refractivity (Wildman–Crippen MR) is 74.0 cm³/mol. The zero-order valence-electron chi connectivity index (χ0n) is 11.2. The molecule has 1 aliphatic carbocycles. The molecule has 1 N–H and O–H groups in total. The molecule has 0 saturated heterocycles. The molecular weight excluding hydrogens is 256 g/mol. The van der Waals surface area contributed by atoms with Crippen LogP contribution in [0.25, 0.3) is 0 Å². The third-order valence-corrected chi connectivity index (χ3v) is 3.18. The topological polar surface area (TPSA) is 68.3 Å². The molecule has 1 aromatic heterocycles. The SMILES string of the molecule is O=C(NCCOC(=O)[C@H]1CC=CCC1)c1ccncc1. The van der Waals surface area contributed by atoms with Crippen molar-refractivity contribution in [1.29, 1.82) is 0 Å². The Labute approximate surface area is 118 Å². The minimum absolute atomic E-state index is 0.0316. The number of pyridine rings is 1. The lowest BCUT2D eigenvalue weighted by molar-refractivity contribution is -0.148. The van der Waals surface area contributed by atoms with Crippen molar-refractivity contribution in [3.8, 4) is 0 Å². The molecule has 1 amide bonds. The molecule has 0 spiro atoms. The van der Waals surface area contributed by atoms with Gasteiger partial charge in [-0.3, -0.25) is 14.6 Å². The lowest BCUT2D eigenvalue weighted by Crippen LogP contribution is -2.29. The Bertz CT molecular complexity index is 485. The predicted octanol–water partition coefficient (Wildman–Crippen LogP) is 1.71. The van der Waals surface area contributed by atoms with Gasteiger partial charge >= 0.3 is 5.97 Å². The van der Waals surface area contributed by atoms with Gasteiger partial charge in [0.1, 0.15) is 6.61 Å². The Kier molecular flexibility index (Phi) is 5.29. The molecule has 0 aromatic carbocycles. The van der Waals surface area contributed by atoms with Gasteiger partial charge in [0.15, 0.2) is 0 Å². The second-order valence-corrected chi connectivity index (χ2v) is 4.64. The highest BCUT2D eigenvalue weighted by molar-refractivity contribution is 5.93. The largest absolute Gasteiger partial charge is 0.464 e. The molecule has 5 heteroatoms. The summed E-state index contributed by atoms with van der Waals surface area (Å²) in [6.07, 6.45) is 9.75. The molecule has 1 heterocycles. The minimum atomic E-state index is -0.191. The maximum Gasteiger partial charge on any atom is 0.309 e. The summed E-state index contributed by atoms with van der Waals surface area (Å²) in [4.78, 5) is 27.3. The average molecular weight is 274 g/mol. The molecule has 0 bridgehead atoms. The van der Waals surface area contributed by atoms with Gasteiger partial charge in [-0.05, 0) is 31.4 Å². The third-order valence-electron chi connectivity index (χ3n) is 3.18. The highest BCUT2D eigenvalue weighted by Gasteiger charge is 2.19. The molecule has 0 saturated carbocycles. The summed E-state index contributed by atoms with van der Waals surface area (Å²) in [6.45, 7) is 0.519. The summed E-state index contributed by atoms with van der Waals surface area (Å²) in [5, 5.41) is 2.70. The van der Waals surface area contributed by atoms with E-state index in [0.717, 1.165) is 19.3 Å². The van der Waals surface area contributed by atoms with Gasteiger partial charge in [-0.15, -0.1) is 0 Å². The number of hydrogen-bond acceptors (Lipinski definition) is 4. The van der Waals surface area contributed by atoms with Gasteiger partial charge in [-0.1, -0.05) is 12.2 Å². The maximum absolute atomic E-state index is 11.7. The lowest BCUT2D eigenvalue weighted by Gasteiger charge is -2.16. The second-order valence-electron chi connectivity index (χ2n) is 4.64. The standard InChI is InChI=1S/C15H18N2O3/c18-14(12-6-8-16-9-7-12)17-10-11-20-15(19)13-4-2-1-3-5-13/h1-2,6-9,13H,3-5,10-11H2,(H,17,18)/t13-/m0/s1. The smallest absolute Gasteiger partial charge is 0.309 e. The summed E-state index contributed by atoms with van der Waals surface area (Å²) in [7, 11) is 0.